The predicted octanol–water partition coefficient (Wildman–Crippen LogP) is 2.15. The van der Waals surface area contributed by atoms with Gasteiger partial charge in [0, 0.05) is 28.4 Å². The average molecular weight is 264 g/mol. The maximum Gasteiger partial charge on any atom is 0.197 e. The van der Waals surface area contributed by atoms with Crippen LogP contribution in [0.1, 0.15) is 0 Å². The Bertz CT molecular complexity index is 205. The molecule has 0 amide bonds. The van der Waals surface area contributed by atoms with Gasteiger partial charge in [-0.2, -0.15) is 0 Å². The Kier molecular flexibility index (Phi) is 6.40. The molecule has 0 rings (SSSR count). The molecule has 0 atom stereocenters. The van der Waals surface area contributed by atoms with E-state index >= 15 is 0 Å². The van der Waals surface area contributed by atoms with E-state index in [1.807, 2.05) is 0 Å². The largest absolute Gasteiger partial charge is 0.332 e. The molecule has 0 fully saturated rings. The van der Waals surface area contributed by atoms with Crippen LogP contribution >= 0.6 is 13.0 Å². The van der Waals surface area contributed by atoms with Crippen LogP contribution in [0.25, 0.3) is 0 Å². The van der Waals surface area contributed by atoms with Crippen molar-refractivity contribution in [3.63, 3.8) is 0 Å². The zero-order valence-corrected chi connectivity index (χ0v) is 11.5. The van der Waals surface area contributed by atoms with E-state index in [0.717, 1.165) is 0 Å². The number of rotatable bonds is 6. The van der Waals surface area contributed by atoms with E-state index in [2.05, 4.69) is 0 Å². The molecule has 0 saturated heterocycles. The summed E-state index contributed by atoms with van der Waals surface area (Å²) in [5, 5.41) is 0. The summed E-state index contributed by atoms with van der Waals surface area (Å²) in [5.41, 5.74) is 0. The van der Waals surface area contributed by atoms with Gasteiger partial charge in [0.2, 0.25) is 0 Å². The minimum atomic E-state index is -2.31. The van der Waals surface area contributed by atoms with E-state index in [1.165, 1.54) is 28.4 Å². The first-order valence-corrected chi connectivity index (χ1v) is 9.01. The highest BCUT2D eigenvalue weighted by Gasteiger charge is 2.27. The Hall–Kier alpha value is 1.14. The molecular formula is C5H14O4P2S2. The second-order valence-electron chi connectivity index (χ2n) is 2.09. The maximum absolute atomic E-state index is 5.15. The molecule has 0 unspecified atom stereocenters. The van der Waals surface area contributed by atoms with Crippen molar-refractivity contribution in [2.75, 3.05) is 34.3 Å². The lowest BCUT2D eigenvalue weighted by molar-refractivity contribution is 0.324. The van der Waals surface area contributed by atoms with Crippen molar-refractivity contribution >= 4 is 36.6 Å². The molecular weight excluding hydrogens is 250 g/mol. The lowest BCUT2D eigenvalue weighted by atomic mass is 11.8. The van der Waals surface area contributed by atoms with Crippen molar-refractivity contribution < 1.29 is 18.1 Å². The minimum absolute atomic E-state index is 0.352. The number of hydrogen-bond donors (Lipinski definition) is 0. The second kappa shape index (κ2) is 5.89. The third kappa shape index (κ3) is 4.45. The first-order chi connectivity index (χ1) is 5.95. The molecule has 13 heavy (non-hydrogen) atoms. The molecule has 0 N–H and O–H groups in total. The van der Waals surface area contributed by atoms with Gasteiger partial charge >= 0.3 is 0 Å². The van der Waals surface area contributed by atoms with Gasteiger partial charge in [0.1, 0.15) is 0 Å². The summed E-state index contributed by atoms with van der Waals surface area (Å²) >= 11 is 10.3. The Balaban J connectivity index is 4.57. The van der Waals surface area contributed by atoms with Crippen LogP contribution in [0, 0.1) is 0 Å². The van der Waals surface area contributed by atoms with Crippen LogP contribution in [0.4, 0.5) is 0 Å². The summed E-state index contributed by atoms with van der Waals surface area (Å²) in [6.45, 7) is -4.61. The van der Waals surface area contributed by atoms with Crippen molar-refractivity contribution in [3.8, 4) is 0 Å². The Morgan fingerprint density at radius 2 is 1.00 bits per heavy atom. The van der Waals surface area contributed by atoms with Crippen molar-refractivity contribution in [1.82, 2.24) is 0 Å². The molecule has 0 aliphatic carbocycles. The summed E-state index contributed by atoms with van der Waals surface area (Å²) < 4.78 is 20.4. The maximum atomic E-state index is 5.15. The highest BCUT2D eigenvalue weighted by Crippen LogP contribution is 2.62. The summed E-state index contributed by atoms with van der Waals surface area (Å²) in [6, 6.07) is 0. The standard InChI is InChI=1S/C5H14O4P2S2/c1-6-10(12,7-2)5-11(13,8-3)9-4/h5H2,1-4H3. The summed E-state index contributed by atoms with van der Waals surface area (Å²) in [7, 11) is 6.04. The molecule has 0 heterocycles. The van der Waals surface area contributed by atoms with Gasteiger partial charge in [-0.1, -0.05) is 0 Å². The highest BCUT2D eigenvalue weighted by atomic mass is 32.5. The van der Waals surface area contributed by atoms with E-state index in [4.69, 9.17) is 41.7 Å². The predicted molar refractivity (Wildman–Crippen MR) is 61.5 cm³/mol. The third-order valence-corrected chi connectivity index (χ3v) is 10.3. The Labute approximate surface area is 89.2 Å². The van der Waals surface area contributed by atoms with E-state index in [1.54, 1.807) is 0 Å². The molecule has 0 aliphatic rings. The van der Waals surface area contributed by atoms with E-state index in [-0.39, 0.29) is 0 Å². The zero-order chi connectivity index (χ0) is 10.5. The van der Waals surface area contributed by atoms with Gasteiger partial charge in [0.05, 0.1) is 5.90 Å². The van der Waals surface area contributed by atoms with Crippen molar-refractivity contribution in [1.29, 1.82) is 0 Å². The Morgan fingerprint density at radius 1 is 0.769 bits per heavy atom. The first kappa shape index (κ1) is 14.1. The van der Waals surface area contributed by atoms with Crippen LogP contribution < -0.4 is 0 Å². The van der Waals surface area contributed by atoms with Crippen molar-refractivity contribution in [2.45, 2.75) is 0 Å². The third-order valence-electron chi connectivity index (χ3n) is 1.46. The van der Waals surface area contributed by atoms with Crippen LogP contribution in [0.3, 0.4) is 0 Å². The van der Waals surface area contributed by atoms with Gasteiger partial charge in [0.15, 0.2) is 13.0 Å². The SMILES string of the molecule is COP(=S)(CP(=S)(OC)OC)OC. The van der Waals surface area contributed by atoms with Crippen LogP contribution in [0.5, 0.6) is 0 Å². The molecule has 0 spiro atoms. The zero-order valence-electron chi connectivity index (χ0n) is 8.05. The monoisotopic (exact) mass is 264 g/mol. The molecule has 0 aromatic heterocycles. The van der Waals surface area contributed by atoms with Gasteiger partial charge < -0.3 is 18.1 Å². The minimum Gasteiger partial charge on any atom is -0.332 e. The fraction of sp³-hybridized carbons (Fsp3) is 1.00. The van der Waals surface area contributed by atoms with Gasteiger partial charge in [-0.25, -0.2) is 0 Å². The fourth-order valence-corrected chi connectivity index (χ4v) is 7.83. The molecule has 0 aliphatic heterocycles. The van der Waals surface area contributed by atoms with Crippen LogP contribution in [-0.4, -0.2) is 34.3 Å². The Morgan fingerprint density at radius 3 is 1.15 bits per heavy atom. The quantitative estimate of drug-likeness (QED) is 0.684. The van der Waals surface area contributed by atoms with Crippen LogP contribution in [-0.2, 0) is 41.7 Å². The second-order valence-corrected chi connectivity index (χ2v) is 10.5. The summed E-state index contributed by atoms with van der Waals surface area (Å²) in [4.78, 5) is 0. The lowest BCUT2D eigenvalue weighted by Gasteiger charge is -2.24. The molecule has 80 valence electrons. The van der Waals surface area contributed by atoms with Gasteiger partial charge in [-0.05, 0) is 23.6 Å². The van der Waals surface area contributed by atoms with Crippen molar-refractivity contribution in [2.24, 2.45) is 0 Å². The summed E-state index contributed by atoms with van der Waals surface area (Å²) in [6.07, 6.45) is 0. The van der Waals surface area contributed by atoms with E-state index in [9.17, 15) is 0 Å². The summed E-state index contributed by atoms with van der Waals surface area (Å²) in [5.74, 6) is 0.352. The van der Waals surface area contributed by atoms with Gasteiger partial charge in [0.25, 0.3) is 0 Å². The molecule has 8 heteroatoms. The smallest absolute Gasteiger partial charge is 0.197 e. The first-order valence-electron chi connectivity index (χ1n) is 3.36. The lowest BCUT2D eigenvalue weighted by Crippen LogP contribution is -1.98. The topological polar surface area (TPSA) is 36.9 Å². The number of hydrogen-bond acceptors (Lipinski definition) is 6. The molecule has 0 aromatic rings. The fourth-order valence-electron chi connectivity index (χ4n) is 0.592. The van der Waals surface area contributed by atoms with Gasteiger partial charge in [-0.15, -0.1) is 0 Å². The average Bonchev–Trinajstić information content (AvgIpc) is 2.17. The van der Waals surface area contributed by atoms with E-state index < -0.39 is 13.0 Å². The van der Waals surface area contributed by atoms with Crippen molar-refractivity contribution in [3.05, 3.63) is 0 Å². The normalized spacial score (nSPS) is 13.2. The van der Waals surface area contributed by atoms with Crippen LogP contribution in [0.15, 0.2) is 0 Å². The molecule has 0 saturated carbocycles. The molecule has 0 radical (unpaired) electrons. The van der Waals surface area contributed by atoms with Gasteiger partial charge in [-0.3, -0.25) is 0 Å². The molecule has 0 aromatic carbocycles. The molecule has 0 bridgehead atoms. The van der Waals surface area contributed by atoms with E-state index in [0.29, 0.717) is 5.90 Å². The molecule has 4 nitrogen and oxygen atoms in total. The van der Waals surface area contributed by atoms with Crippen LogP contribution in [0.2, 0.25) is 0 Å². The highest BCUT2D eigenvalue weighted by molar-refractivity contribution is 8.19.